The molecule has 0 amide bonds. The second-order valence-electron chi connectivity index (χ2n) is 6.59. The molecule has 142 valence electrons. The highest BCUT2D eigenvalue weighted by atomic mass is 35.5. The van der Waals surface area contributed by atoms with E-state index in [4.69, 9.17) is 16.3 Å². The van der Waals surface area contributed by atoms with Crippen LogP contribution >= 0.6 is 35.3 Å². The SMILES string of the molecule is COc1ccc2c(=O)c3c(sc2c1)c1cc(Cl)ccc1n3CCN(C)C.Cl. The Morgan fingerprint density at radius 3 is 2.63 bits per heavy atom. The molecule has 0 bridgehead atoms. The van der Waals surface area contributed by atoms with Gasteiger partial charge in [-0.15, -0.1) is 23.7 Å². The second kappa shape index (κ2) is 7.68. The fraction of sp³-hybridized carbons (Fsp3) is 0.250. The predicted octanol–water partition coefficient (Wildman–Crippen LogP) is 5.01. The average Bonchev–Trinajstić information content (AvgIpc) is 2.92. The summed E-state index contributed by atoms with van der Waals surface area (Å²) in [5, 5.41) is 2.43. The molecule has 4 nitrogen and oxygen atoms in total. The van der Waals surface area contributed by atoms with Crippen LogP contribution < -0.4 is 10.2 Å². The maximum absolute atomic E-state index is 13.3. The standard InChI is InChI=1S/C20H19ClN2O2S.ClH/c1-22(2)8-9-23-16-7-4-12(21)10-15(16)20-18(23)19(24)14-6-5-13(25-3)11-17(14)26-20;/h4-7,10-11H,8-9H2,1-3H3;1H. The van der Waals surface area contributed by atoms with Gasteiger partial charge in [-0.05, 0) is 50.5 Å². The molecule has 0 N–H and O–H groups in total. The van der Waals surface area contributed by atoms with Crippen LogP contribution in [0.2, 0.25) is 5.02 Å². The van der Waals surface area contributed by atoms with E-state index in [0.29, 0.717) is 5.02 Å². The molecule has 27 heavy (non-hydrogen) atoms. The zero-order chi connectivity index (χ0) is 18.4. The second-order valence-corrected chi connectivity index (χ2v) is 8.08. The molecule has 0 saturated heterocycles. The number of methoxy groups -OCH3 is 1. The predicted molar refractivity (Wildman–Crippen MR) is 118 cm³/mol. The lowest BCUT2D eigenvalue weighted by molar-refractivity contribution is 0.389. The Labute approximate surface area is 172 Å². The minimum Gasteiger partial charge on any atom is -0.497 e. The lowest BCUT2D eigenvalue weighted by atomic mass is 10.2. The normalized spacial score (nSPS) is 11.4. The van der Waals surface area contributed by atoms with E-state index in [-0.39, 0.29) is 17.8 Å². The van der Waals surface area contributed by atoms with Gasteiger partial charge in [-0.1, -0.05) is 11.6 Å². The number of hydrogen-bond donors (Lipinski definition) is 0. The van der Waals surface area contributed by atoms with Crippen molar-refractivity contribution in [1.29, 1.82) is 0 Å². The number of aromatic nitrogens is 1. The molecule has 4 aromatic rings. The van der Waals surface area contributed by atoms with Gasteiger partial charge >= 0.3 is 0 Å². The molecule has 2 aromatic heterocycles. The maximum atomic E-state index is 13.3. The van der Waals surface area contributed by atoms with Gasteiger partial charge in [-0.3, -0.25) is 4.79 Å². The Bertz CT molecular complexity index is 1200. The van der Waals surface area contributed by atoms with E-state index in [1.165, 1.54) is 0 Å². The summed E-state index contributed by atoms with van der Waals surface area (Å²) < 4.78 is 9.36. The van der Waals surface area contributed by atoms with Crippen molar-refractivity contribution in [2.24, 2.45) is 0 Å². The highest BCUT2D eigenvalue weighted by molar-refractivity contribution is 7.25. The summed E-state index contributed by atoms with van der Waals surface area (Å²) in [5.41, 5.74) is 1.86. The largest absolute Gasteiger partial charge is 0.497 e. The van der Waals surface area contributed by atoms with Crippen molar-refractivity contribution in [3.8, 4) is 5.75 Å². The third-order valence-electron chi connectivity index (χ3n) is 4.61. The van der Waals surface area contributed by atoms with E-state index >= 15 is 0 Å². The Hall–Kier alpha value is -1.79. The molecule has 0 radical (unpaired) electrons. The summed E-state index contributed by atoms with van der Waals surface area (Å²) in [6.45, 7) is 1.60. The van der Waals surface area contributed by atoms with E-state index < -0.39 is 0 Å². The number of ether oxygens (including phenoxy) is 1. The lowest BCUT2D eigenvalue weighted by Gasteiger charge is -2.12. The molecule has 0 fully saturated rings. The minimum atomic E-state index is 0. The summed E-state index contributed by atoms with van der Waals surface area (Å²) >= 11 is 7.87. The fourth-order valence-electron chi connectivity index (χ4n) is 3.30. The van der Waals surface area contributed by atoms with E-state index in [1.54, 1.807) is 18.4 Å². The van der Waals surface area contributed by atoms with Crippen molar-refractivity contribution in [2.45, 2.75) is 6.54 Å². The first kappa shape index (κ1) is 20.0. The summed E-state index contributed by atoms with van der Waals surface area (Å²) in [5.74, 6) is 0.752. The van der Waals surface area contributed by atoms with Crippen molar-refractivity contribution in [1.82, 2.24) is 9.47 Å². The Morgan fingerprint density at radius 1 is 1.15 bits per heavy atom. The lowest BCUT2D eigenvalue weighted by Crippen LogP contribution is -2.19. The van der Waals surface area contributed by atoms with E-state index in [9.17, 15) is 4.79 Å². The Balaban J connectivity index is 0.00000210. The zero-order valence-electron chi connectivity index (χ0n) is 15.3. The number of rotatable bonds is 4. The summed E-state index contributed by atoms with van der Waals surface area (Å²) in [7, 11) is 5.70. The van der Waals surface area contributed by atoms with Crippen LogP contribution in [0, 0.1) is 0 Å². The highest BCUT2D eigenvalue weighted by Gasteiger charge is 2.17. The molecule has 0 unspecified atom stereocenters. The third-order valence-corrected chi connectivity index (χ3v) is 6.02. The maximum Gasteiger partial charge on any atom is 0.212 e. The molecule has 0 aliphatic heterocycles. The number of halogens is 2. The van der Waals surface area contributed by atoms with Gasteiger partial charge in [0, 0.05) is 33.6 Å². The van der Waals surface area contributed by atoms with Crippen LogP contribution in [0.3, 0.4) is 0 Å². The molecule has 0 spiro atoms. The van der Waals surface area contributed by atoms with E-state index in [1.807, 2.05) is 50.5 Å². The number of likely N-dealkylation sites (N-methyl/N-ethyl adjacent to an activating group) is 1. The van der Waals surface area contributed by atoms with E-state index in [2.05, 4.69) is 9.47 Å². The quantitative estimate of drug-likeness (QED) is 0.463. The summed E-state index contributed by atoms with van der Waals surface area (Å²) in [6.07, 6.45) is 0. The van der Waals surface area contributed by atoms with Gasteiger partial charge in [0.1, 0.15) is 11.3 Å². The molecule has 2 aromatic carbocycles. The molecule has 0 aliphatic carbocycles. The third kappa shape index (κ3) is 3.41. The first-order valence-electron chi connectivity index (χ1n) is 8.36. The molecular weight excluding hydrogens is 403 g/mol. The Morgan fingerprint density at radius 2 is 1.93 bits per heavy atom. The van der Waals surface area contributed by atoms with E-state index in [0.717, 1.165) is 50.0 Å². The molecule has 0 saturated carbocycles. The zero-order valence-corrected chi connectivity index (χ0v) is 17.7. The van der Waals surface area contributed by atoms with Gasteiger partial charge in [0.15, 0.2) is 0 Å². The summed E-state index contributed by atoms with van der Waals surface area (Å²) in [4.78, 5) is 15.4. The number of benzene rings is 2. The fourth-order valence-corrected chi connectivity index (χ4v) is 4.71. The van der Waals surface area contributed by atoms with Crippen LogP contribution in [-0.2, 0) is 6.54 Å². The van der Waals surface area contributed by atoms with Crippen LogP contribution in [0.4, 0.5) is 0 Å². The Kier molecular flexibility index (Phi) is 5.68. The smallest absolute Gasteiger partial charge is 0.212 e. The summed E-state index contributed by atoms with van der Waals surface area (Å²) in [6, 6.07) is 11.5. The van der Waals surface area contributed by atoms with Crippen molar-refractivity contribution in [3.05, 3.63) is 51.6 Å². The first-order chi connectivity index (χ1) is 12.5. The van der Waals surface area contributed by atoms with Crippen LogP contribution in [-0.4, -0.2) is 37.2 Å². The monoisotopic (exact) mass is 422 g/mol. The van der Waals surface area contributed by atoms with Crippen molar-refractivity contribution >= 4 is 66.6 Å². The molecule has 7 heteroatoms. The molecular formula is C20H20Cl2N2O2S. The topological polar surface area (TPSA) is 34.5 Å². The van der Waals surface area contributed by atoms with Crippen molar-refractivity contribution < 1.29 is 4.74 Å². The average molecular weight is 423 g/mol. The van der Waals surface area contributed by atoms with Gasteiger partial charge in [0.2, 0.25) is 5.43 Å². The van der Waals surface area contributed by atoms with Crippen LogP contribution in [0.15, 0.2) is 41.2 Å². The number of nitrogens with zero attached hydrogens (tertiary/aromatic N) is 2. The van der Waals surface area contributed by atoms with Gasteiger partial charge < -0.3 is 14.2 Å². The van der Waals surface area contributed by atoms with Gasteiger partial charge in [0.05, 0.1) is 17.3 Å². The van der Waals surface area contributed by atoms with Crippen molar-refractivity contribution in [3.63, 3.8) is 0 Å². The minimum absolute atomic E-state index is 0. The van der Waals surface area contributed by atoms with Crippen molar-refractivity contribution in [2.75, 3.05) is 27.7 Å². The number of hydrogen-bond acceptors (Lipinski definition) is 4. The van der Waals surface area contributed by atoms with Gasteiger partial charge in [-0.2, -0.15) is 0 Å². The molecule has 2 heterocycles. The molecule has 0 aliphatic rings. The molecule has 4 rings (SSSR count). The first-order valence-corrected chi connectivity index (χ1v) is 9.56. The number of fused-ring (bicyclic) bond motifs is 4. The van der Waals surface area contributed by atoms with Crippen LogP contribution in [0.25, 0.3) is 31.2 Å². The van der Waals surface area contributed by atoms with Crippen LogP contribution in [0.5, 0.6) is 5.75 Å². The highest BCUT2D eigenvalue weighted by Crippen LogP contribution is 2.36. The van der Waals surface area contributed by atoms with Gasteiger partial charge in [0.25, 0.3) is 0 Å². The molecule has 0 atom stereocenters. The van der Waals surface area contributed by atoms with Crippen LogP contribution in [0.1, 0.15) is 0 Å². The van der Waals surface area contributed by atoms with Gasteiger partial charge in [-0.25, -0.2) is 0 Å².